The minimum absolute atomic E-state index is 0.176. The fraction of sp³-hybridized carbons (Fsp3) is 0.435. The van der Waals surface area contributed by atoms with Crippen LogP contribution in [0.3, 0.4) is 0 Å². The van der Waals surface area contributed by atoms with E-state index in [0.29, 0.717) is 29.4 Å². The highest BCUT2D eigenvalue weighted by Crippen LogP contribution is 2.30. The van der Waals surface area contributed by atoms with Crippen LogP contribution in [0.15, 0.2) is 47.4 Å². The van der Waals surface area contributed by atoms with Crippen molar-refractivity contribution >= 4 is 38.9 Å². The van der Waals surface area contributed by atoms with Crippen molar-refractivity contribution in [1.82, 2.24) is 9.21 Å². The maximum Gasteiger partial charge on any atom is 0.255 e. The number of nitrogens with zero attached hydrogens (tertiary/aromatic N) is 3. The van der Waals surface area contributed by atoms with E-state index in [2.05, 4.69) is 22.0 Å². The first-order valence-electron chi connectivity index (χ1n) is 11.0. The quantitative estimate of drug-likeness (QED) is 0.625. The Kier molecular flexibility index (Phi) is 8.16. The molecule has 0 atom stereocenters. The third-order valence-electron chi connectivity index (χ3n) is 5.83. The molecule has 1 aliphatic rings. The lowest BCUT2D eigenvalue weighted by Gasteiger charge is -2.36. The van der Waals surface area contributed by atoms with Crippen molar-refractivity contribution in [1.29, 1.82) is 0 Å². The Balaban J connectivity index is 1.78. The number of amides is 1. The van der Waals surface area contributed by atoms with Crippen molar-refractivity contribution in [3.05, 3.63) is 53.1 Å². The Bertz CT molecular complexity index is 1030. The number of halogens is 1. The highest BCUT2D eigenvalue weighted by Gasteiger charge is 2.23. The molecule has 0 spiro atoms. The molecule has 1 heterocycles. The van der Waals surface area contributed by atoms with Gasteiger partial charge in [-0.3, -0.25) is 4.79 Å². The van der Waals surface area contributed by atoms with Gasteiger partial charge in [-0.2, -0.15) is 4.31 Å². The summed E-state index contributed by atoms with van der Waals surface area (Å²) < 4.78 is 26.7. The van der Waals surface area contributed by atoms with Gasteiger partial charge < -0.3 is 15.1 Å². The molecule has 1 N–H and O–H groups in total. The van der Waals surface area contributed by atoms with Gasteiger partial charge in [-0.1, -0.05) is 32.4 Å². The van der Waals surface area contributed by atoms with E-state index in [1.165, 1.54) is 28.6 Å². The van der Waals surface area contributed by atoms with Gasteiger partial charge in [-0.15, -0.1) is 0 Å². The van der Waals surface area contributed by atoms with Crippen LogP contribution < -0.4 is 10.2 Å². The molecule has 0 aromatic heterocycles. The summed E-state index contributed by atoms with van der Waals surface area (Å²) >= 11 is 6.21. The van der Waals surface area contributed by atoms with Crippen molar-refractivity contribution in [2.75, 3.05) is 56.0 Å². The van der Waals surface area contributed by atoms with Crippen LogP contribution in [0.4, 0.5) is 11.4 Å². The van der Waals surface area contributed by atoms with E-state index in [1.807, 2.05) is 12.1 Å². The maximum absolute atomic E-state index is 12.9. The average molecular weight is 479 g/mol. The zero-order chi connectivity index (χ0) is 23.3. The number of nitrogens with one attached hydrogen (secondary N) is 1. The number of hydrogen-bond acceptors (Lipinski definition) is 5. The van der Waals surface area contributed by atoms with Gasteiger partial charge in [0.2, 0.25) is 10.0 Å². The number of benzene rings is 2. The van der Waals surface area contributed by atoms with Gasteiger partial charge in [0.15, 0.2) is 0 Å². The lowest BCUT2D eigenvalue weighted by Crippen LogP contribution is -2.46. The van der Waals surface area contributed by atoms with Gasteiger partial charge >= 0.3 is 0 Å². The Hall–Kier alpha value is -2.13. The molecule has 0 radical (unpaired) electrons. The van der Waals surface area contributed by atoms with Crippen LogP contribution >= 0.6 is 11.6 Å². The van der Waals surface area contributed by atoms with Crippen molar-refractivity contribution < 1.29 is 13.2 Å². The predicted octanol–water partition coefficient (Wildman–Crippen LogP) is 3.76. The summed E-state index contributed by atoms with van der Waals surface area (Å²) in [6.07, 6.45) is 0. The standard InChI is InChI=1S/C23H31ClN4O3S/c1-4-26-13-15-27(16-14-26)22-12-9-19(24)17-21(22)25-23(29)18-7-10-20(11-8-18)32(30,31)28(5-2)6-3/h7-12,17H,4-6,13-16H2,1-3H3,(H,25,29). The molecule has 0 saturated carbocycles. The molecule has 1 amide bonds. The van der Waals surface area contributed by atoms with Gasteiger partial charge in [-0.25, -0.2) is 8.42 Å². The van der Waals surface area contributed by atoms with Gasteiger partial charge in [0.05, 0.1) is 16.3 Å². The summed E-state index contributed by atoms with van der Waals surface area (Å²) in [5.41, 5.74) is 1.96. The third kappa shape index (κ3) is 5.43. The summed E-state index contributed by atoms with van der Waals surface area (Å²) in [5.74, 6) is -0.313. The van der Waals surface area contributed by atoms with Crippen LogP contribution in [0.25, 0.3) is 0 Å². The monoisotopic (exact) mass is 478 g/mol. The molecular formula is C23H31ClN4O3S. The van der Waals surface area contributed by atoms with Crippen molar-refractivity contribution in [3.63, 3.8) is 0 Å². The maximum atomic E-state index is 12.9. The second kappa shape index (κ2) is 10.7. The highest BCUT2D eigenvalue weighted by atomic mass is 35.5. The van der Waals surface area contributed by atoms with Crippen molar-refractivity contribution in [2.24, 2.45) is 0 Å². The molecule has 2 aromatic rings. The molecule has 9 heteroatoms. The fourth-order valence-corrected chi connectivity index (χ4v) is 5.50. The largest absolute Gasteiger partial charge is 0.367 e. The molecule has 174 valence electrons. The number of rotatable bonds is 8. The smallest absolute Gasteiger partial charge is 0.255 e. The van der Waals surface area contributed by atoms with Crippen molar-refractivity contribution in [3.8, 4) is 0 Å². The fourth-order valence-electron chi connectivity index (χ4n) is 3.87. The molecule has 1 saturated heterocycles. The van der Waals surface area contributed by atoms with Crippen LogP contribution in [-0.2, 0) is 10.0 Å². The second-order valence-corrected chi connectivity index (χ2v) is 10.0. The molecule has 1 aliphatic heterocycles. The molecular weight excluding hydrogens is 448 g/mol. The van der Waals surface area contributed by atoms with Crippen LogP contribution in [0.5, 0.6) is 0 Å². The zero-order valence-electron chi connectivity index (χ0n) is 18.8. The number of carbonyl (C=O) groups is 1. The van der Waals surface area contributed by atoms with E-state index in [-0.39, 0.29) is 10.8 Å². The Morgan fingerprint density at radius 1 is 1.00 bits per heavy atom. The van der Waals surface area contributed by atoms with E-state index >= 15 is 0 Å². The van der Waals surface area contributed by atoms with Gasteiger partial charge in [0.1, 0.15) is 0 Å². The van der Waals surface area contributed by atoms with Crippen molar-refractivity contribution in [2.45, 2.75) is 25.7 Å². The normalized spacial score (nSPS) is 15.2. The van der Waals surface area contributed by atoms with E-state index in [0.717, 1.165) is 38.4 Å². The Morgan fingerprint density at radius 2 is 1.62 bits per heavy atom. The molecule has 1 fully saturated rings. The number of likely N-dealkylation sites (N-methyl/N-ethyl adjacent to an activating group) is 1. The number of carbonyl (C=O) groups excluding carboxylic acids is 1. The summed E-state index contributed by atoms with van der Waals surface area (Å²) in [6.45, 7) is 11.2. The first kappa shape index (κ1) is 24.5. The Labute approximate surface area is 196 Å². The summed E-state index contributed by atoms with van der Waals surface area (Å²) in [4.78, 5) is 17.7. The lowest BCUT2D eigenvalue weighted by atomic mass is 10.1. The SMILES string of the molecule is CCN1CCN(c2ccc(Cl)cc2NC(=O)c2ccc(S(=O)(=O)N(CC)CC)cc2)CC1. The average Bonchev–Trinajstić information content (AvgIpc) is 2.80. The zero-order valence-corrected chi connectivity index (χ0v) is 20.4. The molecule has 0 unspecified atom stereocenters. The minimum Gasteiger partial charge on any atom is -0.367 e. The van der Waals surface area contributed by atoms with E-state index in [9.17, 15) is 13.2 Å². The number of hydrogen-bond donors (Lipinski definition) is 1. The highest BCUT2D eigenvalue weighted by molar-refractivity contribution is 7.89. The van der Waals surface area contributed by atoms with E-state index in [4.69, 9.17) is 11.6 Å². The van der Waals surface area contributed by atoms with Gasteiger partial charge in [-0.05, 0) is 49.0 Å². The third-order valence-corrected chi connectivity index (χ3v) is 8.13. The molecule has 2 aromatic carbocycles. The van der Waals surface area contributed by atoms with E-state index < -0.39 is 10.0 Å². The number of sulfonamides is 1. The first-order chi connectivity index (χ1) is 15.3. The summed E-state index contributed by atoms with van der Waals surface area (Å²) in [7, 11) is -3.56. The first-order valence-corrected chi connectivity index (χ1v) is 12.8. The van der Waals surface area contributed by atoms with E-state index in [1.54, 1.807) is 19.9 Å². The molecule has 3 rings (SSSR count). The molecule has 7 nitrogen and oxygen atoms in total. The molecule has 0 bridgehead atoms. The summed E-state index contributed by atoms with van der Waals surface area (Å²) in [5, 5.41) is 3.49. The predicted molar refractivity (Wildman–Crippen MR) is 130 cm³/mol. The topological polar surface area (TPSA) is 73.0 Å². The number of anilines is 2. The molecule has 0 aliphatic carbocycles. The van der Waals surface area contributed by atoms with Gasteiger partial charge in [0.25, 0.3) is 5.91 Å². The van der Waals surface area contributed by atoms with Crippen LogP contribution in [0.2, 0.25) is 5.02 Å². The minimum atomic E-state index is -3.56. The van der Waals surface area contributed by atoms with Gasteiger partial charge in [0, 0.05) is 49.9 Å². The lowest BCUT2D eigenvalue weighted by molar-refractivity contribution is 0.102. The number of piperazine rings is 1. The van der Waals surface area contributed by atoms with Crippen LogP contribution in [0, 0.1) is 0 Å². The molecule has 32 heavy (non-hydrogen) atoms. The van der Waals surface area contributed by atoms with Crippen LogP contribution in [-0.4, -0.2) is 69.3 Å². The summed E-state index contributed by atoms with van der Waals surface area (Å²) in [6, 6.07) is 11.5. The Morgan fingerprint density at radius 3 is 2.19 bits per heavy atom. The second-order valence-electron chi connectivity index (χ2n) is 7.65. The van der Waals surface area contributed by atoms with Crippen LogP contribution in [0.1, 0.15) is 31.1 Å².